The summed E-state index contributed by atoms with van der Waals surface area (Å²) in [6.07, 6.45) is 4.60. The van der Waals surface area contributed by atoms with Crippen molar-refractivity contribution < 1.29 is 9.90 Å². The van der Waals surface area contributed by atoms with Gasteiger partial charge in [-0.15, -0.1) is 0 Å². The van der Waals surface area contributed by atoms with Crippen molar-refractivity contribution in [2.45, 2.75) is 52.1 Å². The quantitative estimate of drug-likeness (QED) is 0.680. The highest BCUT2D eigenvalue weighted by Gasteiger charge is 2.37. The molecule has 0 spiro atoms. The van der Waals surface area contributed by atoms with Gasteiger partial charge in [0, 0.05) is 12.3 Å². The molecular formula is C11H20O2. The van der Waals surface area contributed by atoms with Crippen LogP contribution in [-0.2, 0) is 4.79 Å². The number of hydrogen-bond acceptors (Lipinski definition) is 2. The molecule has 76 valence electrons. The van der Waals surface area contributed by atoms with E-state index in [-0.39, 0.29) is 23.7 Å². The number of ketones is 1. The largest absolute Gasteiger partial charge is 0.392 e. The number of hydrogen-bond donors (Lipinski definition) is 1. The Morgan fingerprint density at radius 2 is 2.15 bits per heavy atom. The second-order valence-corrected chi connectivity index (χ2v) is 4.19. The third kappa shape index (κ3) is 2.53. The summed E-state index contributed by atoms with van der Waals surface area (Å²) in [5.41, 5.74) is 0. The van der Waals surface area contributed by atoms with Crippen molar-refractivity contribution >= 4 is 5.78 Å². The fourth-order valence-corrected chi connectivity index (χ4v) is 2.19. The monoisotopic (exact) mass is 184 g/mol. The molecule has 0 bridgehead atoms. The third-order valence-electron chi connectivity index (χ3n) is 3.20. The minimum Gasteiger partial charge on any atom is -0.392 e. The summed E-state index contributed by atoms with van der Waals surface area (Å²) in [5.74, 6) is 0.569. The number of unbranched alkanes of at least 4 members (excludes halogenated alkanes) is 2. The van der Waals surface area contributed by atoms with Crippen LogP contribution in [0.3, 0.4) is 0 Å². The Hall–Kier alpha value is -0.370. The van der Waals surface area contributed by atoms with Gasteiger partial charge in [0.2, 0.25) is 0 Å². The standard InChI is InChI=1S/C11H20O2/c1-3-4-5-6-9-8(2)10(12)7-11(9)13/h8-9,11,13H,3-7H2,1-2H3/t8?,9?,11-/m1/s1. The molecule has 0 amide bonds. The van der Waals surface area contributed by atoms with Crippen molar-refractivity contribution in [1.29, 1.82) is 0 Å². The summed E-state index contributed by atoms with van der Waals surface area (Å²) in [4.78, 5) is 11.3. The van der Waals surface area contributed by atoms with Crippen molar-refractivity contribution in [3.63, 3.8) is 0 Å². The van der Waals surface area contributed by atoms with E-state index in [0.717, 1.165) is 12.8 Å². The molecule has 0 radical (unpaired) electrons. The van der Waals surface area contributed by atoms with Crippen LogP contribution in [0.4, 0.5) is 0 Å². The molecule has 1 rings (SSSR count). The highest BCUT2D eigenvalue weighted by molar-refractivity contribution is 5.83. The second-order valence-electron chi connectivity index (χ2n) is 4.19. The first kappa shape index (κ1) is 10.7. The summed E-state index contributed by atoms with van der Waals surface area (Å²) < 4.78 is 0. The topological polar surface area (TPSA) is 37.3 Å². The van der Waals surface area contributed by atoms with Gasteiger partial charge in [0.1, 0.15) is 5.78 Å². The smallest absolute Gasteiger partial charge is 0.138 e. The first-order chi connectivity index (χ1) is 6.16. The summed E-state index contributed by atoms with van der Waals surface area (Å²) in [5, 5.41) is 9.61. The molecule has 0 aromatic rings. The van der Waals surface area contributed by atoms with E-state index in [0.29, 0.717) is 6.42 Å². The lowest BCUT2D eigenvalue weighted by Gasteiger charge is -2.17. The lowest BCUT2D eigenvalue weighted by molar-refractivity contribution is -0.120. The zero-order valence-electron chi connectivity index (χ0n) is 8.62. The van der Waals surface area contributed by atoms with E-state index in [9.17, 15) is 9.90 Å². The van der Waals surface area contributed by atoms with Crippen LogP contribution >= 0.6 is 0 Å². The molecule has 0 heterocycles. The minimum absolute atomic E-state index is 0.0897. The van der Waals surface area contributed by atoms with Crippen molar-refractivity contribution in [3.05, 3.63) is 0 Å². The average Bonchev–Trinajstić information content (AvgIpc) is 2.32. The van der Waals surface area contributed by atoms with Crippen LogP contribution in [0.15, 0.2) is 0 Å². The molecule has 0 aromatic heterocycles. The molecule has 0 aliphatic heterocycles. The maximum atomic E-state index is 11.3. The molecule has 1 saturated carbocycles. The summed E-state index contributed by atoms with van der Waals surface area (Å²) in [7, 11) is 0. The Balaban J connectivity index is 2.35. The molecule has 2 unspecified atom stereocenters. The Morgan fingerprint density at radius 1 is 1.46 bits per heavy atom. The van der Waals surface area contributed by atoms with Crippen LogP contribution in [0.1, 0.15) is 46.0 Å². The van der Waals surface area contributed by atoms with Crippen LogP contribution in [0.25, 0.3) is 0 Å². The summed E-state index contributed by atoms with van der Waals surface area (Å²) >= 11 is 0. The minimum atomic E-state index is -0.362. The van der Waals surface area contributed by atoms with Gasteiger partial charge < -0.3 is 5.11 Å². The van der Waals surface area contributed by atoms with Gasteiger partial charge in [-0.2, -0.15) is 0 Å². The molecule has 1 N–H and O–H groups in total. The molecular weight excluding hydrogens is 164 g/mol. The molecule has 0 saturated heterocycles. The van der Waals surface area contributed by atoms with Crippen molar-refractivity contribution in [2.24, 2.45) is 11.8 Å². The normalized spacial score (nSPS) is 34.1. The van der Waals surface area contributed by atoms with E-state index < -0.39 is 0 Å². The number of aliphatic hydroxyl groups excluding tert-OH is 1. The predicted molar refractivity (Wildman–Crippen MR) is 52.4 cm³/mol. The van der Waals surface area contributed by atoms with Gasteiger partial charge in [-0.05, 0) is 12.3 Å². The van der Waals surface area contributed by atoms with Gasteiger partial charge >= 0.3 is 0 Å². The van der Waals surface area contributed by atoms with E-state index in [2.05, 4.69) is 6.92 Å². The SMILES string of the molecule is CCCCCC1C(C)C(=O)C[C@H]1O. The van der Waals surface area contributed by atoms with Crippen LogP contribution in [0, 0.1) is 11.8 Å². The summed E-state index contributed by atoms with van der Waals surface area (Å²) in [6, 6.07) is 0. The van der Waals surface area contributed by atoms with Crippen LogP contribution in [0.5, 0.6) is 0 Å². The van der Waals surface area contributed by atoms with Crippen molar-refractivity contribution in [3.8, 4) is 0 Å². The van der Waals surface area contributed by atoms with Crippen LogP contribution in [0.2, 0.25) is 0 Å². The zero-order valence-corrected chi connectivity index (χ0v) is 8.62. The number of rotatable bonds is 4. The maximum Gasteiger partial charge on any atom is 0.138 e. The first-order valence-corrected chi connectivity index (χ1v) is 5.37. The zero-order chi connectivity index (χ0) is 9.84. The van der Waals surface area contributed by atoms with E-state index >= 15 is 0 Å². The Bertz CT molecular complexity index is 177. The number of aliphatic hydroxyl groups is 1. The highest BCUT2D eigenvalue weighted by Crippen LogP contribution is 2.32. The third-order valence-corrected chi connectivity index (χ3v) is 3.20. The van der Waals surface area contributed by atoms with E-state index in [4.69, 9.17) is 0 Å². The molecule has 3 atom stereocenters. The van der Waals surface area contributed by atoms with E-state index in [1.807, 2.05) is 6.92 Å². The fraction of sp³-hybridized carbons (Fsp3) is 0.909. The fourth-order valence-electron chi connectivity index (χ4n) is 2.19. The predicted octanol–water partition coefficient (Wildman–Crippen LogP) is 2.15. The van der Waals surface area contributed by atoms with Crippen LogP contribution in [-0.4, -0.2) is 17.0 Å². The van der Waals surface area contributed by atoms with Crippen molar-refractivity contribution in [2.75, 3.05) is 0 Å². The molecule has 1 aliphatic rings. The first-order valence-electron chi connectivity index (χ1n) is 5.37. The van der Waals surface area contributed by atoms with E-state index in [1.165, 1.54) is 12.8 Å². The summed E-state index contributed by atoms with van der Waals surface area (Å²) in [6.45, 7) is 4.12. The molecule has 1 fully saturated rings. The van der Waals surface area contributed by atoms with Gasteiger partial charge in [-0.1, -0.05) is 33.1 Å². The van der Waals surface area contributed by atoms with Gasteiger partial charge in [0.25, 0.3) is 0 Å². The Morgan fingerprint density at radius 3 is 2.62 bits per heavy atom. The molecule has 0 aromatic carbocycles. The van der Waals surface area contributed by atoms with Gasteiger partial charge in [0.05, 0.1) is 6.10 Å². The van der Waals surface area contributed by atoms with Crippen molar-refractivity contribution in [1.82, 2.24) is 0 Å². The molecule has 2 heteroatoms. The van der Waals surface area contributed by atoms with Gasteiger partial charge in [-0.3, -0.25) is 4.79 Å². The Kier molecular flexibility index (Phi) is 3.91. The van der Waals surface area contributed by atoms with Gasteiger partial charge in [0.15, 0.2) is 0 Å². The lowest BCUT2D eigenvalue weighted by atomic mass is 9.90. The maximum absolute atomic E-state index is 11.3. The molecule has 2 nitrogen and oxygen atoms in total. The molecule has 1 aliphatic carbocycles. The lowest BCUT2D eigenvalue weighted by Crippen LogP contribution is -2.18. The van der Waals surface area contributed by atoms with Gasteiger partial charge in [-0.25, -0.2) is 0 Å². The number of Topliss-reactive ketones (excluding diaryl/α,β-unsaturated/α-hetero) is 1. The number of carbonyl (C=O) groups excluding carboxylic acids is 1. The average molecular weight is 184 g/mol. The second kappa shape index (κ2) is 4.75. The van der Waals surface area contributed by atoms with E-state index in [1.54, 1.807) is 0 Å². The van der Waals surface area contributed by atoms with Crippen LogP contribution < -0.4 is 0 Å². The molecule has 13 heavy (non-hydrogen) atoms. The number of carbonyl (C=O) groups is 1. The Labute approximate surface area is 80.3 Å². The highest BCUT2D eigenvalue weighted by atomic mass is 16.3.